The molecular formula is C27H30N4O4S. The van der Waals surface area contributed by atoms with Crippen LogP contribution in [-0.4, -0.2) is 72.4 Å². The highest BCUT2D eigenvalue weighted by molar-refractivity contribution is 7.80. The van der Waals surface area contributed by atoms with E-state index in [0.717, 1.165) is 62.8 Å². The van der Waals surface area contributed by atoms with Crippen molar-refractivity contribution in [3.63, 3.8) is 0 Å². The Morgan fingerprint density at radius 3 is 2.78 bits per heavy atom. The van der Waals surface area contributed by atoms with Crippen LogP contribution in [0.1, 0.15) is 40.3 Å². The van der Waals surface area contributed by atoms with Crippen molar-refractivity contribution in [2.45, 2.75) is 18.5 Å². The van der Waals surface area contributed by atoms with E-state index >= 15 is 0 Å². The number of pyridine rings is 1. The molecule has 5 rings (SSSR count). The highest BCUT2D eigenvalue weighted by atomic mass is 32.1. The fraction of sp³-hybridized carbons (Fsp3) is 0.370. The Labute approximate surface area is 216 Å². The maximum absolute atomic E-state index is 12.0. The van der Waals surface area contributed by atoms with E-state index < -0.39 is 0 Å². The van der Waals surface area contributed by atoms with Gasteiger partial charge in [-0.1, -0.05) is 18.2 Å². The molecule has 3 aromatic rings. The number of carbonyl (C=O) groups excluding carboxylic acids is 1. The Hall–Kier alpha value is -3.27. The van der Waals surface area contributed by atoms with Crippen LogP contribution in [0.3, 0.4) is 0 Å². The largest absolute Gasteiger partial charge is 0.465 e. The Kier molecular flexibility index (Phi) is 7.60. The fourth-order valence-electron chi connectivity index (χ4n) is 4.83. The number of furan rings is 1. The minimum atomic E-state index is -0.379. The molecule has 2 unspecified atom stereocenters. The van der Waals surface area contributed by atoms with Gasteiger partial charge in [-0.15, -0.1) is 0 Å². The van der Waals surface area contributed by atoms with Crippen LogP contribution in [0.2, 0.25) is 0 Å². The Bertz CT molecular complexity index is 1200. The van der Waals surface area contributed by atoms with Gasteiger partial charge in [0, 0.05) is 37.9 Å². The summed E-state index contributed by atoms with van der Waals surface area (Å²) in [5.41, 5.74) is 2.20. The van der Waals surface area contributed by atoms with Gasteiger partial charge >= 0.3 is 5.97 Å². The van der Waals surface area contributed by atoms with Gasteiger partial charge in [-0.3, -0.25) is 9.88 Å². The molecule has 2 aliphatic heterocycles. The number of aromatic nitrogens is 1. The Morgan fingerprint density at radius 1 is 1.14 bits per heavy atom. The van der Waals surface area contributed by atoms with Gasteiger partial charge in [0.1, 0.15) is 17.6 Å². The lowest BCUT2D eigenvalue weighted by Gasteiger charge is -2.29. The summed E-state index contributed by atoms with van der Waals surface area (Å²) < 4.78 is 16.7. The summed E-state index contributed by atoms with van der Waals surface area (Å²) in [5, 5.41) is 4.18. The topological polar surface area (TPSA) is 80.1 Å². The lowest BCUT2D eigenvalue weighted by atomic mass is 10.0. The minimum Gasteiger partial charge on any atom is -0.465 e. The normalized spacial score (nSPS) is 20.4. The second-order valence-corrected chi connectivity index (χ2v) is 9.29. The predicted octanol–water partition coefficient (Wildman–Crippen LogP) is 3.82. The van der Waals surface area contributed by atoms with E-state index in [1.807, 2.05) is 42.5 Å². The number of ether oxygens (including phenoxy) is 2. The average Bonchev–Trinajstić information content (AvgIpc) is 3.54. The van der Waals surface area contributed by atoms with Crippen molar-refractivity contribution < 1.29 is 18.7 Å². The van der Waals surface area contributed by atoms with Crippen molar-refractivity contribution >= 4 is 23.3 Å². The molecule has 0 bridgehead atoms. The molecule has 9 heteroatoms. The van der Waals surface area contributed by atoms with Gasteiger partial charge in [-0.2, -0.15) is 0 Å². The summed E-state index contributed by atoms with van der Waals surface area (Å²) in [6.07, 6.45) is 2.77. The van der Waals surface area contributed by atoms with Crippen LogP contribution < -0.4 is 5.32 Å². The van der Waals surface area contributed by atoms with Crippen LogP contribution >= 0.6 is 12.2 Å². The number of thiocarbonyl (C=S) groups is 1. The summed E-state index contributed by atoms with van der Waals surface area (Å²) >= 11 is 5.78. The van der Waals surface area contributed by atoms with E-state index in [0.29, 0.717) is 16.4 Å². The van der Waals surface area contributed by atoms with E-state index in [-0.39, 0.29) is 18.1 Å². The second-order valence-electron chi connectivity index (χ2n) is 8.90. The van der Waals surface area contributed by atoms with E-state index in [1.165, 1.54) is 7.11 Å². The smallest absolute Gasteiger partial charge is 0.337 e. The average molecular weight is 507 g/mol. The van der Waals surface area contributed by atoms with E-state index in [2.05, 4.69) is 20.1 Å². The van der Waals surface area contributed by atoms with Gasteiger partial charge in [-0.05, 0) is 55.0 Å². The highest BCUT2D eigenvalue weighted by Gasteiger charge is 2.41. The molecule has 2 aliphatic rings. The van der Waals surface area contributed by atoms with Crippen LogP contribution in [0, 0.1) is 0 Å². The molecule has 2 aromatic heterocycles. The summed E-state index contributed by atoms with van der Waals surface area (Å²) in [7, 11) is 1.38. The molecule has 2 fully saturated rings. The Morgan fingerprint density at radius 2 is 2.00 bits per heavy atom. The highest BCUT2D eigenvalue weighted by Crippen LogP contribution is 2.40. The van der Waals surface area contributed by atoms with Crippen LogP contribution in [0.15, 0.2) is 65.2 Å². The molecule has 0 saturated carbocycles. The number of carbonyl (C=O) groups is 1. The number of esters is 1. The van der Waals surface area contributed by atoms with E-state index in [9.17, 15) is 4.79 Å². The molecule has 188 valence electrons. The zero-order chi connectivity index (χ0) is 24.9. The maximum Gasteiger partial charge on any atom is 0.337 e. The molecule has 2 atom stereocenters. The lowest BCUT2D eigenvalue weighted by Crippen LogP contribution is -2.38. The third-order valence-electron chi connectivity index (χ3n) is 6.66. The molecule has 0 amide bonds. The molecular weight excluding hydrogens is 476 g/mol. The first kappa shape index (κ1) is 24.4. The molecule has 0 aliphatic carbocycles. The van der Waals surface area contributed by atoms with Crippen LogP contribution in [0.5, 0.6) is 0 Å². The summed E-state index contributed by atoms with van der Waals surface area (Å²) in [6, 6.07) is 16.8. The number of rotatable bonds is 8. The summed E-state index contributed by atoms with van der Waals surface area (Å²) in [4.78, 5) is 21.2. The number of benzene rings is 1. The lowest BCUT2D eigenvalue weighted by molar-refractivity contribution is 0.0365. The van der Waals surface area contributed by atoms with Gasteiger partial charge in [0.2, 0.25) is 0 Å². The molecule has 1 N–H and O–H groups in total. The SMILES string of the molecule is COC(=O)c1cccc(-c2ccc(C3C(c4ccccn4)NC(=S)N3CCCN3CCOCC3)o2)c1. The van der Waals surface area contributed by atoms with Crippen molar-refractivity contribution in [1.82, 2.24) is 20.1 Å². The minimum absolute atomic E-state index is 0.137. The second kappa shape index (κ2) is 11.2. The zero-order valence-electron chi connectivity index (χ0n) is 20.3. The maximum atomic E-state index is 12.0. The molecule has 2 saturated heterocycles. The number of nitrogens with one attached hydrogen (secondary N) is 1. The first-order valence-electron chi connectivity index (χ1n) is 12.2. The molecule has 0 spiro atoms. The number of methoxy groups -OCH3 is 1. The van der Waals surface area contributed by atoms with Gasteiger partial charge in [-0.25, -0.2) is 4.79 Å². The van der Waals surface area contributed by atoms with Crippen molar-refractivity contribution in [1.29, 1.82) is 0 Å². The van der Waals surface area contributed by atoms with Crippen LogP contribution in [0.25, 0.3) is 11.3 Å². The van der Waals surface area contributed by atoms with Crippen molar-refractivity contribution in [3.8, 4) is 11.3 Å². The number of morpholine rings is 1. The molecule has 8 nitrogen and oxygen atoms in total. The van der Waals surface area contributed by atoms with E-state index in [1.54, 1.807) is 18.3 Å². The van der Waals surface area contributed by atoms with Crippen molar-refractivity contribution in [2.75, 3.05) is 46.5 Å². The quantitative estimate of drug-likeness (QED) is 0.362. The molecule has 0 radical (unpaired) electrons. The Balaban J connectivity index is 1.40. The third kappa shape index (κ3) is 5.28. The first-order chi connectivity index (χ1) is 17.6. The van der Waals surface area contributed by atoms with E-state index in [4.69, 9.17) is 26.1 Å². The molecule has 4 heterocycles. The van der Waals surface area contributed by atoms with Gasteiger partial charge in [0.15, 0.2) is 5.11 Å². The molecule has 1 aromatic carbocycles. The van der Waals surface area contributed by atoms with Gasteiger partial charge in [0.25, 0.3) is 0 Å². The van der Waals surface area contributed by atoms with Gasteiger partial charge < -0.3 is 24.1 Å². The number of hydrogen-bond donors (Lipinski definition) is 1. The monoisotopic (exact) mass is 506 g/mol. The van der Waals surface area contributed by atoms with Crippen LogP contribution in [0.4, 0.5) is 0 Å². The van der Waals surface area contributed by atoms with Gasteiger partial charge in [0.05, 0.1) is 37.6 Å². The number of nitrogens with zero attached hydrogens (tertiary/aromatic N) is 3. The van der Waals surface area contributed by atoms with Crippen molar-refractivity contribution in [2.24, 2.45) is 0 Å². The summed E-state index contributed by atoms with van der Waals surface area (Å²) in [6.45, 7) is 5.31. The fourth-order valence-corrected chi connectivity index (χ4v) is 5.16. The zero-order valence-corrected chi connectivity index (χ0v) is 21.1. The standard InChI is InChI=1S/C27H30N4O4S/c1-33-26(32)20-7-4-6-19(18-20)22-9-10-23(35-22)25-24(21-8-2-3-11-28-21)29-27(36)31(25)13-5-12-30-14-16-34-17-15-30/h2-4,6-11,18,24-25H,5,12-17H2,1H3,(H,29,36). The summed E-state index contributed by atoms with van der Waals surface area (Å²) in [5.74, 6) is 1.10. The predicted molar refractivity (Wildman–Crippen MR) is 140 cm³/mol. The van der Waals surface area contributed by atoms with Crippen LogP contribution in [-0.2, 0) is 9.47 Å². The molecule has 36 heavy (non-hydrogen) atoms. The van der Waals surface area contributed by atoms with Crippen molar-refractivity contribution in [3.05, 3.63) is 77.8 Å². The third-order valence-corrected chi connectivity index (χ3v) is 7.01. The number of hydrogen-bond acceptors (Lipinski definition) is 7. The first-order valence-corrected chi connectivity index (χ1v) is 12.6.